The van der Waals surface area contributed by atoms with E-state index in [1.54, 1.807) is 31.6 Å². The third-order valence-corrected chi connectivity index (χ3v) is 2.43. The predicted octanol–water partition coefficient (Wildman–Crippen LogP) is 1.97. The number of nitrogens with two attached hydrogens (primary N) is 1. The van der Waals surface area contributed by atoms with E-state index in [1.165, 1.54) is 0 Å². The molecular weight excluding hydrogens is 206 g/mol. The average Bonchev–Trinajstić information content (AvgIpc) is 2.75. The second kappa shape index (κ2) is 4.37. The number of hydrogen-bond acceptors (Lipinski definition) is 4. The lowest BCUT2D eigenvalue weighted by molar-refractivity contribution is 0.0985. The van der Waals surface area contributed by atoms with Crippen LogP contribution in [0.1, 0.15) is 16.8 Å². The first-order valence-electron chi connectivity index (χ1n) is 5.04. The molecule has 1 heterocycles. The zero-order valence-electron chi connectivity index (χ0n) is 9.03. The third kappa shape index (κ3) is 1.79. The van der Waals surface area contributed by atoms with Gasteiger partial charge in [-0.1, -0.05) is 0 Å². The summed E-state index contributed by atoms with van der Waals surface area (Å²) in [7, 11) is 1.55. The number of furan rings is 1. The zero-order chi connectivity index (χ0) is 11.5. The van der Waals surface area contributed by atoms with E-state index in [-0.39, 0.29) is 5.78 Å². The highest BCUT2D eigenvalue weighted by Gasteiger charge is 2.11. The number of hydrogen-bond donors (Lipinski definition) is 1. The molecule has 1 aromatic heterocycles. The molecule has 2 rings (SSSR count). The summed E-state index contributed by atoms with van der Waals surface area (Å²) in [5.41, 5.74) is 6.63. The fraction of sp³-hybridized carbons (Fsp3) is 0.250. The van der Waals surface area contributed by atoms with Gasteiger partial charge >= 0.3 is 0 Å². The van der Waals surface area contributed by atoms with E-state index in [0.717, 1.165) is 5.39 Å². The monoisotopic (exact) mass is 219 g/mol. The highest BCUT2D eigenvalue weighted by atomic mass is 16.5. The average molecular weight is 219 g/mol. The van der Waals surface area contributed by atoms with Gasteiger partial charge in [-0.25, -0.2) is 0 Å². The van der Waals surface area contributed by atoms with Crippen molar-refractivity contribution in [2.45, 2.75) is 6.42 Å². The molecule has 84 valence electrons. The Bertz CT molecular complexity index is 516. The Morgan fingerprint density at radius 1 is 1.50 bits per heavy atom. The van der Waals surface area contributed by atoms with Crippen molar-refractivity contribution in [3.63, 3.8) is 0 Å². The molecule has 0 fully saturated rings. The summed E-state index contributed by atoms with van der Waals surface area (Å²) in [5.74, 6) is 0.590. The third-order valence-electron chi connectivity index (χ3n) is 2.43. The first kappa shape index (κ1) is 10.7. The molecule has 0 saturated carbocycles. The van der Waals surface area contributed by atoms with Gasteiger partial charge < -0.3 is 14.9 Å². The second-order valence-corrected chi connectivity index (χ2v) is 3.48. The van der Waals surface area contributed by atoms with Gasteiger partial charge in [0.25, 0.3) is 0 Å². The Labute approximate surface area is 93.0 Å². The smallest absolute Gasteiger partial charge is 0.175 e. The Morgan fingerprint density at radius 3 is 3.00 bits per heavy atom. The van der Waals surface area contributed by atoms with Crippen molar-refractivity contribution in [3.8, 4) is 5.75 Å². The minimum atomic E-state index is 0.0175. The van der Waals surface area contributed by atoms with Crippen LogP contribution in [0.3, 0.4) is 0 Å². The molecule has 2 N–H and O–H groups in total. The van der Waals surface area contributed by atoms with Gasteiger partial charge in [0.2, 0.25) is 0 Å². The van der Waals surface area contributed by atoms with Crippen molar-refractivity contribution < 1.29 is 13.9 Å². The summed E-state index contributed by atoms with van der Waals surface area (Å²) in [4.78, 5) is 11.7. The van der Waals surface area contributed by atoms with E-state index in [9.17, 15) is 4.79 Å². The number of methoxy groups -OCH3 is 1. The minimum absolute atomic E-state index is 0.0175. The molecule has 2 aromatic rings. The van der Waals surface area contributed by atoms with Gasteiger partial charge in [0.1, 0.15) is 0 Å². The molecule has 16 heavy (non-hydrogen) atoms. The Hall–Kier alpha value is -1.81. The van der Waals surface area contributed by atoms with Crippen molar-refractivity contribution in [3.05, 3.63) is 30.0 Å². The molecule has 0 radical (unpaired) electrons. The molecule has 0 aliphatic heterocycles. The van der Waals surface area contributed by atoms with Gasteiger partial charge in [-0.15, -0.1) is 0 Å². The predicted molar refractivity (Wildman–Crippen MR) is 60.8 cm³/mol. The summed E-state index contributed by atoms with van der Waals surface area (Å²) >= 11 is 0. The van der Waals surface area contributed by atoms with Crippen LogP contribution < -0.4 is 10.5 Å². The van der Waals surface area contributed by atoms with Crippen molar-refractivity contribution in [1.29, 1.82) is 0 Å². The van der Waals surface area contributed by atoms with E-state index in [2.05, 4.69) is 0 Å². The van der Waals surface area contributed by atoms with Crippen LogP contribution >= 0.6 is 0 Å². The Morgan fingerprint density at radius 2 is 2.31 bits per heavy atom. The summed E-state index contributed by atoms with van der Waals surface area (Å²) in [5, 5.41) is 0.861. The molecule has 0 unspecified atom stereocenters. The molecule has 0 saturated heterocycles. The summed E-state index contributed by atoms with van der Waals surface area (Å²) in [6, 6.07) is 5.28. The van der Waals surface area contributed by atoms with Crippen molar-refractivity contribution in [2.75, 3.05) is 13.7 Å². The topological polar surface area (TPSA) is 65.5 Å². The SMILES string of the molecule is COc1cc(C(=O)CCN)cc2ccoc12. The lowest BCUT2D eigenvalue weighted by Crippen LogP contribution is -2.08. The van der Waals surface area contributed by atoms with Crippen LogP contribution in [0.2, 0.25) is 0 Å². The Balaban J connectivity index is 2.51. The number of Topliss-reactive ketones (excluding diaryl/α,β-unsaturated/α-hetero) is 1. The van der Waals surface area contributed by atoms with Gasteiger partial charge in [-0.2, -0.15) is 0 Å². The standard InChI is InChI=1S/C12H13NO3/c1-15-11-7-9(10(14)2-4-13)6-8-3-5-16-12(8)11/h3,5-7H,2,4,13H2,1H3. The first-order valence-corrected chi connectivity index (χ1v) is 5.04. The molecule has 0 aliphatic carbocycles. The van der Waals surface area contributed by atoms with Gasteiger partial charge in [0.05, 0.1) is 13.4 Å². The maximum absolute atomic E-state index is 11.7. The van der Waals surface area contributed by atoms with Crippen LogP contribution in [0.4, 0.5) is 0 Å². The maximum atomic E-state index is 11.7. The summed E-state index contributed by atoms with van der Waals surface area (Å²) < 4.78 is 10.5. The van der Waals surface area contributed by atoms with Crippen LogP contribution in [0.15, 0.2) is 28.9 Å². The van der Waals surface area contributed by atoms with Gasteiger partial charge in [-0.3, -0.25) is 4.79 Å². The molecule has 0 atom stereocenters. The summed E-state index contributed by atoms with van der Waals surface area (Å²) in [6.07, 6.45) is 1.91. The molecule has 0 aliphatic rings. The van der Waals surface area contributed by atoms with Crippen LogP contribution in [0.5, 0.6) is 5.75 Å². The van der Waals surface area contributed by atoms with Gasteiger partial charge in [-0.05, 0) is 24.7 Å². The van der Waals surface area contributed by atoms with E-state index >= 15 is 0 Å². The molecule has 0 amide bonds. The number of ether oxygens (including phenoxy) is 1. The minimum Gasteiger partial charge on any atom is -0.493 e. The highest BCUT2D eigenvalue weighted by Crippen LogP contribution is 2.28. The number of benzene rings is 1. The zero-order valence-corrected chi connectivity index (χ0v) is 9.03. The largest absolute Gasteiger partial charge is 0.493 e. The van der Waals surface area contributed by atoms with Crippen molar-refractivity contribution in [1.82, 2.24) is 0 Å². The van der Waals surface area contributed by atoms with Crippen molar-refractivity contribution in [2.24, 2.45) is 5.73 Å². The van der Waals surface area contributed by atoms with Gasteiger partial charge in [0, 0.05) is 17.4 Å². The van der Waals surface area contributed by atoms with E-state index < -0.39 is 0 Å². The second-order valence-electron chi connectivity index (χ2n) is 3.48. The van der Waals surface area contributed by atoms with Crippen LogP contribution in [-0.4, -0.2) is 19.4 Å². The van der Waals surface area contributed by atoms with Gasteiger partial charge in [0.15, 0.2) is 17.1 Å². The first-order chi connectivity index (χ1) is 7.76. The number of carbonyl (C=O) groups excluding carboxylic acids is 1. The number of fused-ring (bicyclic) bond motifs is 1. The number of rotatable bonds is 4. The molecule has 4 nitrogen and oxygen atoms in total. The van der Waals surface area contributed by atoms with Crippen LogP contribution in [0, 0.1) is 0 Å². The van der Waals surface area contributed by atoms with E-state index in [0.29, 0.717) is 29.9 Å². The van der Waals surface area contributed by atoms with E-state index in [1.807, 2.05) is 0 Å². The fourth-order valence-electron chi connectivity index (χ4n) is 1.64. The van der Waals surface area contributed by atoms with E-state index in [4.69, 9.17) is 14.9 Å². The normalized spacial score (nSPS) is 10.6. The fourth-order valence-corrected chi connectivity index (χ4v) is 1.64. The molecule has 4 heteroatoms. The lowest BCUT2D eigenvalue weighted by atomic mass is 10.1. The quantitative estimate of drug-likeness (QED) is 0.798. The molecule has 1 aromatic carbocycles. The summed E-state index contributed by atoms with van der Waals surface area (Å²) in [6.45, 7) is 0.352. The number of carbonyl (C=O) groups is 1. The maximum Gasteiger partial charge on any atom is 0.175 e. The number of ketones is 1. The molecule has 0 bridgehead atoms. The van der Waals surface area contributed by atoms with Crippen LogP contribution in [-0.2, 0) is 0 Å². The lowest BCUT2D eigenvalue weighted by Gasteiger charge is -2.04. The highest BCUT2D eigenvalue weighted by molar-refractivity contribution is 6.00. The van der Waals surface area contributed by atoms with Crippen LogP contribution in [0.25, 0.3) is 11.0 Å². The van der Waals surface area contributed by atoms with Crippen molar-refractivity contribution >= 4 is 16.8 Å². The molecule has 0 spiro atoms. The Kier molecular flexibility index (Phi) is 2.92. The molecular formula is C12H13NO3.